The van der Waals surface area contributed by atoms with Crippen LogP contribution < -0.4 is 4.74 Å². The van der Waals surface area contributed by atoms with Crippen molar-refractivity contribution >= 4 is 11.7 Å². The van der Waals surface area contributed by atoms with E-state index in [-0.39, 0.29) is 5.97 Å². The highest BCUT2D eigenvalue weighted by atomic mass is 16.5. The van der Waals surface area contributed by atoms with Gasteiger partial charge in [0.2, 0.25) is 0 Å². The Balaban J connectivity index is 2.03. The van der Waals surface area contributed by atoms with Crippen LogP contribution in [-0.2, 0) is 16.0 Å². The molecule has 3 aromatic rings. The second kappa shape index (κ2) is 10.2. The first-order chi connectivity index (χ1) is 14.2. The predicted octanol–water partition coefficient (Wildman–Crippen LogP) is 4.71. The fourth-order valence-electron chi connectivity index (χ4n) is 3.11. The molecule has 3 aromatic carbocycles. The Kier molecular flexibility index (Phi) is 7.17. The molecule has 0 aliphatic rings. The Labute approximate surface area is 171 Å². The van der Waals surface area contributed by atoms with Gasteiger partial charge < -0.3 is 9.47 Å². The van der Waals surface area contributed by atoms with Gasteiger partial charge in [0.15, 0.2) is 6.04 Å². The zero-order chi connectivity index (χ0) is 20.5. The van der Waals surface area contributed by atoms with Crippen LogP contribution in [0.5, 0.6) is 5.75 Å². The zero-order valence-electron chi connectivity index (χ0n) is 16.7. The van der Waals surface area contributed by atoms with Gasteiger partial charge in [-0.15, -0.1) is 0 Å². The summed E-state index contributed by atoms with van der Waals surface area (Å²) >= 11 is 0. The van der Waals surface area contributed by atoms with Crippen molar-refractivity contribution in [1.82, 2.24) is 0 Å². The normalized spacial score (nSPS) is 11.4. The van der Waals surface area contributed by atoms with E-state index in [4.69, 9.17) is 14.5 Å². The highest BCUT2D eigenvalue weighted by Crippen LogP contribution is 2.18. The van der Waals surface area contributed by atoms with Crippen molar-refractivity contribution in [1.29, 1.82) is 0 Å². The van der Waals surface area contributed by atoms with Gasteiger partial charge in [-0.25, -0.2) is 4.79 Å². The molecule has 0 bridgehead atoms. The highest BCUT2D eigenvalue weighted by molar-refractivity contribution is 6.13. The summed E-state index contributed by atoms with van der Waals surface area (Å²) < 4.78 is 10.6. The topological polar surface area (TPSA) is 47.9 Å². The second-order valence-corrected chi connectivity index (χ2v) is 6.53. The van der Waals surface area contributed by atoms with E-state index in [1.165, 1.54) is 0 Å². The Morgan fingerprint density at radius 2 is 1.52 bits per heavy atom. The third kappa shape index (κ3) is 5.55. The molecule has 0 N–H and O–H groups in total. The number of carbonyl (C=O) groups is 1. The summed E-state index contributed by atoms with van der Waals surface area (Å²) in [6.07, 6.45) is 0.430. The Morgan fingerprint density at radius 1 is 0.897 bits per heavy atom. The van der Waals surface area contributed by atoms with Crippen LogP contribution in [0.25, 0.3) is 0 Å². The van der Waals surface area contributed by atoms with E-state index < -0.39 is 6.04 Å². The van der Waals surface area contributed by atoms with Crippen LogP contribution in [0.15, 0.2) is 89.9 Å². The molecule has 0 aliphatic carbocycles. The maximum atomic E-state index is 12.7. The number of nitrogens with zero attached hydrogens (tertiary/aromatic N) is 1. The number of benzene rings is 3. The molecule has 1 unspecified atom stereocenters. The number of ether oxygens (including phenoxy) is 2. The van der Waals surface area contributed by atoms with E-state index in [0.29, 0.717) is 13.0 Å². The molecule has 0 aliphatic heterocycles. The minimum atomic E-state index is -0.655. The van der Waals surface area contributed by atoms with Crippen LogP contribution in [0.3, 0.4) is 0 Å². The molecule has 1 atom stereocenters. The largest absolute Gasteiger partial charge is 0.497 e. The first-order valence-corrected chi connectivity index (χ1v) is 9.69. The lowest BCUT2D eigenvalue weighted by atomic mass is 10.0. The molecule has 0 spiro atoms. The number of rotatable bonds is 8. The quantitative estimate of drug-likeness (QED) is 0.415. The molecule has 0 heterocycles. The maximum Gasteiger partial charge on any atom is 0.331 e. The van der Waals surface area contributed by atoms with Crippen LogP contribution in [0, 0.1) is 0 Å². The van der Waals surface area contributed by atoms with Crippen LogP contribution in [0.2, 0.25) is 0 Å². The van der Waals surface area contributed by atoms with Crippen LogP contribution >= 0.6 is 0 Å². The average molecular weight is 387 g/mol. The smallest absolute Gasteiger partial charge is 0.331 e. The molecule has 0 radical (unpaired) electrons. The SMILES string of the molecule is CCOC(=O)C(Cc1cccc(OC)c1)N=C(c1ccccc1)c1ccccc1. The molecule has 0 amide bonds. The summed E-state index contributed by atoms with van der Waals surface area (Å²) in [4.78, 5) is 17.6. The van der Waals surface area contributed by atoms with Gasteiger partial charge >= 0.3 is 5.97 Å². The number of esters is 1. The zero-order valence-corrected chi connectivity index (χ0v) is 16.7. The summed E-state index contributed by atoms with van der Waals surface area (Å²) in [7, 11) is 1.63. The fraction of sp³-hybridized carbons (Fsp3) is 0.200. The van der Waals surface area contributed by atoms with Gasteiger partial charge in [-0.05, 0) is 24.6 Å². The van der Waals surface area contributed by atoms with Crippen molar-refractivity contribution in [3.63, 3.8) is 0 Å². The molecule has 0 saturated heterocycles. The van der Waals surface area contributed by atoms with Crippen LogP contribution in [0.4, 0.5) is 0 Å². The summed E-state index contributed by atoms with van der Waals surface area (Å²) in [5.74, 6) is 0.417. The number of aliphatic imine (C=N–C) groups is 1. The van der Waals surface area contributed by atoms with Gasteiger partial charge in [0.25, 0.3) is 0 Å². The van der Waals surface area contributed by atoms with Crippen molar-refractivity contribution < 1.29 is 14.3 Å². The Morgan fingerprint density at radius 3 is 2.07 bits per heavy atom. The molecule has 3 rings (SSSR count). The lowest BCUT2D eigenvalue weighted by Crippen LogP contribution is -2.26. The van der Waals surface area contributed by atoms with Gasteiger partial charge in [-0.1, -0.05) is 72.8 Å². The van der Waals surface area contributed by atoms with Crippen LogP contribution in [0.1, 0.15) is 23.6 Å². The van der Waals surface area contributed by atoms with Gasteiger partial charge in [0.1, 0.15) is 5.75 Å². The van der Waals surface area contributed by atoms with Crippen LogP contribution in [-0.4, -0.2) is 31.4 Å². The number of hydrogen-bond donors (Lipinski definition) is 0. The van der Waals surface area contributed by atoms with Crippen molar-refractivity contribution in [3.05, 3.63) is 102 Å². The molecule has 148 valence electrons. The van der Waals surface area contributed by atoms with Crippen molar-refractivity contribution in [3.8, 4) is 5.75 Å². The summed E-state index contributed by atoms with van der Waals surface area (Å²) in [6, 6.07) is 26.8. The van der Waals surface area contributed by atoms with E-state index in [1.807, 2.05) is 84.9 Å². The number of hydrogen-bond acceptors (Lipinski definition) is 4. The third-order valence-corrected chi connectivity index (χ3v) is 4.50. The molecular formula is C25H25NO3. The number of methoxy groups -OCH3 is 1. The lowest BCUT2D eigenvalue weighted by molar-refractivity contribution is -0.144. The summed E-state index contributed by atoms with van der Waals surface area (Å²) in [5.41, 5.74) is 3.65. The minimum absolute atomic E-state index is 0.314. The summed E-state index contributed by atoms with van der Waals surface area (Å²) in [5, 5.41) is 0. The van der Waals surface area contributed by atoms with Gasteiger partial charge in [-0.3, -0.25) is 4.99 Å². The molecule has 0 fully saturated rings. The predicted molar refractivity (Wildman–Crippen MR) is 116 cm³/mol. The monoisotopic (exact) mass is 387 g/mol. The van der Waals surface area contributed by atoms with E-state index >= 15 is 0 Å². The molecule has 4 nitrogen and oxygen atoms in total. The third-order valence-electron chi connectivity index (χ3n) is 4.50. The van der Waals surface area contributed by atoms with Crippen molar-refractivity contribution in [2.75, 3.05) is 13.7 Å². The minimum Gasteiger partial charge on any atom is -0.497 e. The first kappa shape index (κ1) is 20.3. The van der Waals surface area contributed by atoms with Crippen molar-refractivity contribution in [2.24, 2.45) is 4.99 Å². The van der Waals surface area contributed by atoms with Gasteiger partial charge in [-0.2, -0.15) is 0 Å². The molecule has 0 saturated carbocycles. The van der Waals surface area contributed by atoms with Crippen molar-refractivity contribution in [2.45, 2.75) is 19.4 Å². The highest BCUT2D eigenvalue weighted by Gasteiger charge is 2.21. The first-order valence-electron chi connectivity index (χ1n) is 9.69. The average Bonchev–Trinajstić information content (AvgIpc) is 2.78. The Bertz CT molecular complexity index is 911. The molecule has 29 heavy (non-hydrogen) atoms. The maximum absolute atomic E-state index is 12.7. The standard InChI is InChI=1S/C25H25NO3/c1-3-29-25(27)23(18-19-11-10-16-22(17-19)28-2)26-24(20-12-6-4-7-13-20)21-14-8-5-9-15-21/h4-17,23H,3,18H2,1-2H3. The lowest BCUT2D eigenvalue weighted by Gasteiger charge is -2.16. The summed E-state index contributed by atoms with van der Waals surface area (Å²) in [6.45, 7) is 2.12. The number of carbonyl (C=O) groups excluding carboxylic acids is 1. The van der Waals surface area contributed by atoms with E-state index in [2.05, 4.69) is 0 Å². The Hall–Kier alpha value is -3.40. The molecular weight excluding hydrogens is 362 g/mol. The molecule has 0 aromatic heterocycles. The van der Waals surface area contributed by atoms with E-state index in [1.54, 1.807) is 14.0 Å². The second-order valence-electron chi connectivity index (χ2n) is 6.53. The van der Waals surface area contributed by atoms with Gasteiger partial charge in [0, 0.05) is 17.5 Å². The van der Waals surface area contributed by atoms with E-state index in [0.717, 1.165) is 28.2 Å². The van der Waals surface area contributed by atoms with Gasteiger partial charge in [0.05, 0.1) is 19.4 Å². The molecule has 4 heteroatoms. The van der Waals surface area contributed by atoms with E-state index in [9.17, 15) is 4.79 Å². The fourth-order valence-corrected chi connectivity index (χ4v) is 3.11.